The Kier molecular flexibility index (Phi) is 5.66. The molecule has 2 fully saturated rings. The van der Waals surface area contributed by atoms with Crippen LogP contribution in [0.15, 0.2) is 29.0 Å². The summed E-state index contributed by atoms with van der Waals surface area (Å²) in [7, 11) is 0. The Hall–Kier alpha value is -1.01. The third-order valence-corrected chi connectivity index (χ3v) is 7.19. The lowest BCUT2D eigenvalue weighted by molar-refractivity contribution is 0.0817. The van der Waals surface area contributed by atoms with Crippen LogP contribution in [-0.2, 0) is 13.1 Å². The topological polar surface area (TPSA) is 23.6 Å². The molecule has 2 aliphatic rings. The molecule has 0 aromatic carbocycles. The molecule has 0 amide bonds. The van der Waals surface area contributed by atoms with Crippen molar-refractivity contribution in [1.82, 2.24) is 9.80 Å². The fraction of sp³-hybridized carbons (Fsp3) is 0.550. The van der Waals surface area contributed by atoms with E-state index >= 15 is 0 Å². The lowest BCUT2D eigenvalue weighted by Crippen LogP contribution is -2.37. The van der Waals surface area contributed by atoms with Crippen molar-refractivity contribution in [2.24, 2.45) is 5.92 Å². The van der Waals surface area contributed by atoms with E-state index in [0.29, 0.717) is 5.78 Å². The van der Waals surface area contributed by atoms with Crippen LogP contribution >= 0.6 is 22.7 Å². The van der Waals surface area contributed by atoms with Crippen LogP contribution in [-0.4, -0.2) is 41.8 Å². The maximum atomic E-state index is 12.6. The van der Waals surface area contributed by atoms with Gasteiger partial charge in [0, 0.05) is 30.4 Å². The van der Waals surface area contributed by atoms with Crippen molar-refractivity contribution in [3.05, 3.63) is 44.3 Å². The summed E-state index contributed by atoms with van der Waals surface area (Å²) < 4.78 is 0. The first-order chi connectivity index (χ1) is 12.3. The van der Waals surface area contributed by atoms with E-state index in [0.717, 1.165) is 43.9 Å². The quantitative estimate of drug-likeness (QED) is 0.696. The van der Waals surface area contributed by atoms with Gasteiger partial charge in [0.1, 0.15) is 0 Å². The summed E-state index contributed by atoms with van der Waals surface area (Å²) in [6, 6.07) is 6.33. The van der Waals surface area contributed by atoms with Crippen LogP contribution in [0.4, 0.5) is 0 Å². The van der Waals surface area contributed by atoms with Crippen LogP contribution < -0.4 is 0 Å². The molecule has 134 valence electrons. The number of ketones is 1. The second kappa shape index (κ2) is 8.12. The van der Waals surface area contributed by atoms with Gasteiger partial charge < -0.3 is 0 Å². The Morgan fingerprint density at radius 1 is 1.08 bits per heavy atom. The first-order valence-electron chi connectivity index (χ1n) is 9.36. The van der Waals surface area contributed by atoms with Crippen LogP contribution in [0.3, 0.4) is 0 Å². The summed E-state index contributed by atoms with van der Waals surface area (Å²) in [5.41, 5.74) is 1.46. The van der Waals surface area contributed by atoms with Gasteiger partial charge in [-0.05, 0) is 73.8 Å². The molecule has 4 heterocycles. The van der Waals surface area contributed by atoms with Gasteiger partial charge in [-0.1, -0.05) is 6.07 Å². The predicted octanol–water partition coefficient (Wildman–Crippen LogP) is 4.50. The summed E-state index contributed by atoms with van der Waals surface area (Å²) >= 11 is 3.46. The maximum Gasteiger partial charge on any atom is 0.177 e. The predicted molar refractivity (Wildman–Crippen MR) is 105 cm³/mol. The molecule has 2 aliphatic heterocycles. The SMILES string of the molecule is O=C(c1cccs1)C1CCCN(Cc2cc(CN3CCCC3)cs2)C1. The highest BCUT2D eigenvalue weighted by molar-refractivity contribution is 7.12. The van der Waals surface area contributed by atoms with Crippen molar-refractivity contribution in [3.63, 3.8) is 0 Å². The van der Waals surface area contributed by atoms with Gasteiger partial charge in [0.15, 0.2) is 5.78 Å². The standard InChI is InChI=1S/C20H26N2OS2/c23-20(19-6-4-10-24-19)17-5-3-9-22(13-17)14-18-11-16(15-25-18)12-21-7-1-2-8-21/h4,6,10-11,15,17H,1-3,5,7-9,12-14H2. The van der Waals surface area contributed by atoms with Crippen LogP contribution in [0.5, 0.6) is 0 Å². The smallest absolute Gasteiger partial charge is 0.177 e. The van der Waals surface area contributed by atoms with Crippen molar-refractivity contribution in [2.75, 3.05) is 26.2 Å². The lowest BCUT2D eigenvalue weighted by Gasteiger charge is -2.31. The molecule has 2 saturated heterocycles. The highest BCUT2D eigenvalue weighted by Crippen LogP contribution is 2.26. The minimum atomic E-state index is 0.177. The Balaban J connectivity index is 1.33. The average Bonchev–Trinajstić information content (AvgIpc) is 3.38. The zero-order chi connectivity index (χ0) is 17.1. The Bertz CT molecular complexity index is 688. The molecule has 0 radical (unpaired) electrons. The van der Waals surface area contributed by atoms with Gasteiger partial charge >= 0.3 is 0 Å². The molecule has 1 atom stereocenters. The molecule has 25 heavy (non-hydrogen) atoms. The van der Waals surface area contributed by atoms with Gasteiger partial charge in [-0.25, -0.2) is 0 Å². The number of carbonyl (C=O) groups is 1. The van der Waals surface area contributed by atoms with Gasteiger partial charge in [-0.3, -0.25) is 14.6 Å². The van der Waals surface area contributed by atoms with E-state index in [1.807, 2.05) is 28.8 Å². The maximum absolute atomic E-state index is 12.6. The number of thiophene rings is 2. The molecule has 4 rings (SSSR count). The van der Waals surface area contributed by atoms with Crippen molar-refractivity contribution >= 4 is 28.5 Å². The fourth-order valence-corrected chi connectivity index (χ4v) is 5.71. The van der Waals surface area contributed by atoms with Crippen molar-refractivity contribution in [3.8, 4) is 0 Å². The van der Waals surface area contributed by atoms with E-state index in [1.54, 1.807) is 11.3 Å². The molecule has 0 bridgehead atoms. The molecular weight excluding hydrogens is 348 g/mol. The molecule has 0 spiro atoms. The van der Waals surface area contributed by atoms with Crippen LogP contribution in [0.25, 0.3) is 0 Å². The highest BCUT2D eigenvalue weighted by atomic mass is 32.1. The van der Waals surface area contributed by atoms with Crippen molar-refractivity contribution in [2.45, 2.75) is 38.8 Å². The normalized spacial score (nSPS) is 22.5. The number of nitrogens with zero attached hydrogens (tertiary/aromatic N) is 2. The lowest BCUT2D eigenvalue weighted by atomic mass is 9.93. The molecule has 5 heteroatoms. The van der Waals surface area contributed by atoms with Gasteiger partial charge in [0.25, 0.3) is 0 Å². The number of carbonyl (C=O) groups excluding carboxylic acids is 1. The molecule has 0 aliphatic carbocycles. The number of rotatable bonds is 6. The second-order valence-electron chi connectivity index (χ2n) is 7.32. The number of hydrogen-bond donors (Lipinski definition) is 0. The number of likely N-dealkylation sites (tertiary alicyclic amines) is 2. The van der Waals surface area contributed by atoms with Gasteiger partial charge in [0.2, 0.25) is 0 Å². The summed E-state index contributed by atoms with van der Waals surface area (Å²) in [6.45, 7) is 6.65. The van der Waals surface area contributed by atoms with E-state index < -0.39 is 0 Å². The van der Waals surface area contributed by atoms with E-state index in [4.69, 9.17) is 0 Å². The molecule has 2 aromatic heterocycles. The minimum absolute atomic E-state index is 0.177. The summed E-state index contributed by atoms with van der Waals surface area (Å²) in [4.78, 5) is 20.0. The summed E-state index contributed by atoms with van der Waals surface area (Å²) in [5, 5.41) is 4.33. The van der Waals surface area contributed by atoms with Gasteiger partial charge in [0.05, 0.1) is 4.88 Å². The Morgan fingerprint density at radius 2 is 1.92 bits per heavy atom. The van der Waals surface area contributed by atoms with Crippen LogP contribution in [0, 0.1) is 5.92 Å². The van der Waals surface area contributed by atoms with E-state index in [9.17, 15) is 4.79 Å². The first kappa shape index (κ1) is 17.4. The Morgan fingerprint density at radius 3 is 2.72 bits per heavy atom. The second-order valence-corrected chi connectivity index (χ2v) is 9.26. The largest absolute Gasteiger partial charge is 0.299 e. The van der Waals surface area contributed by atoms with E-state index in [2.05, 4.69) is 21.2 Å². The summed E-state index contributed by atoms with van der Waals surface area (Å²) in [6.07, 6.45) is 4.88. The number of hydrogen-bond acceptors (Lipinski definition) is 5. The number of piperidine rings is 1. The Labute approximate surface area is 158 Å². The zero-order valence-corrected chi connectivity index (χ0v) is 16.3. The third-order valence-electron chi connectivity index (χ3n) is 5.33. The molecular formula is C20H26N2OS2. The molecule has 0 N–H and O–H groups in total. The van der Waals surface area contributed by atoms with Crippen LogP contribution in [0.1, 0.15) is 45.8 Å². The molecule has 0 saturated carbocycles. The number of Topliss-reactive ketones (excluding diaryl/α,β-unsaturated/α-hetero) is 1. The minimum Gasteiger partial charge on any atom is -0.299 e. The highest BCUT2D eigenvalue weighted by Gasteiger charge is 2.27. The molecule has 1 unspecified atom stereocenters. The average molecular weight is 375 g/mol. The fourth-order valence-electron chi connectivity index (χ4n) is 4.04. The van der Waals surface area contributed by atoms with E-state index in [-0.39, 0.29) is 5.92 Å². The van der Waals surface area contributed by atoms with Crippen LogP contribution in [0.2, 0.25) is 0 Å². The van der Waals surface area contributed by atoms with Gasteiger partial charge in [-0.2, -0.15) is 0 Å². The van der Waals surface area contributed by atoms with Crippen molar-refractivity contribution < 1.29 is 4.79 Å². The molecule has 3 nitrogen and oxygen atoms in total. The third kappa shape index (κ3) is 4.40. The molecule has 2 aromatic rings. The van der Waals surface area contributed by atoms with E-state index in [1.165, 1.54) is 36.4 Å². The van der Waals surface area contributed by atoms with Crippen molar-refractivity contribution in [1.29, 1.82) is 0 Å². The summed E-state index contributed by atoms with van der Waals surface area (Å²) in [5.74, 6) is 0.525. The first-order valence-corrected chi connectivity index (χ1v) is 11.1. The zero-order valence-electron chi connectivity index (χ0n) is 14.7. The monoisotopic (exact) mass is 374 g/mol. The van der Waals surface area contributed by atoms with Gasteiger partial charge in [-0.15, -0.1) is 22.7 Å².